The average molecular weight is 522 g/mol. The molecule has 0 aliphatic carbocycles. The van der Waals surface area contributed by atoms with E-state index in [1.807, 2.05) is 61.5 Å². The molecule has 0 bridgehead atoms. The van der Waals surface area contributed by atoms with Crippen molar-refractivity contribution in [1.82, 2.24) is 15.4 Å². The first-order valence-electron chi connectivity index (χ1n) is 11.5. The normalized spacial score (nSPS) is 10.8. The van der Waals surface area contributed by atoms with Crippen LogP contribution in [0.2, 0.25) is 10.0 Å². The van der Waals surface area contributed by atoms with Crippen LogP contribution in [0.5, 0.6) is 0 Å². The molecule has 4 rings (SSSR count). The Balaban J connectivity index is 1.46. The van der Waals surface area contributed by atoms with E-state index in [0.717, 1.165) is 16.7 Å². The molecule has 36 heavy (non-hydrogen) atoms. The summed E-state index contributed by atoms with van der Waals surface area (Å²) >= 11 is 12.3. The summed E-state index contributed by atoms with van der Waals surface area (Å²) in [6, 6.07) is 24.1. The summed E-state index contributed by atoms with van der Waals surface area (Å²) in [4.78, 5) is 27.6. The van der Waals surface area contributed by atoms with E-state index in [1.54, 1.807) is 23.1 Å². The van der Waals surface area contributed by atoms with Crippen molar-refractivity contribution in [3.8, 4) is 0 Å². The zero-order chi connectivity index (χ0) is 25.5. The summed E-state index contributed by atoms with van der Waals surface area (Å²) in [5.41, 5.74) is 3.71. The van der Waals surface area contributed by atoms with Crippen molar-refractivity contribution in [3.63, 3.8) is 0 Å². The van der Waals surface area contributed by atoms with Gasteiger partial charge in [-0.3, -0.25) is 9.59 Å². The molecule has 184 valence electrons. The summed E-state index contributed by atoms with van der Waals surface area (Å²) in [6.07, 6.45) is 0.635. The molecule has 0 unspecified atom stereocenters. The molecule has 0 aliphatic heterocycles. The first-order chi connectivity index (χ1) is 17.4. The second-order valence-corrected chi connectivity index (χ2v) is 9.28. The Hall–Kier alpha value is -3.61. The van der Waals surface area contributed by atoms with Crippen molar-refractivity contribution in [2.24, 2.45) is 0 Å². The van der Waals surface area contributed by atoms with Gasteiger partial charge in [0.05, 0.1) is 17.1 Å². The largest absolute Gasteiger partial charge is 0.359 e. The van der Waals surface area contributed by atoms with E-state index in [0.29, 0.717) is 35.9 Å². The van der Waals surface area contributed by atoms with Crippen molar-refractivity contribution < 1.29 is 14.1 Å². The number of rotatable bonds is 9. The minimum Gasteiger partial charge on any atom is -0.359 e. The topological polar surface area (TPSA) is 75.4 Å². The summed E-state index contributed by atoms with van der Waals surface area (Å²) in [5, 5.41) is 7.46. The van der Waals surface area contributed by atoms with Gasteiger partial charge in [0.25, 0.3) is 11.8 Å². The van der Waals surface area contributed by atoms with E-state index >= 15 is 0 Å². The molecule has 0 aliphatic rings. The molecule has 0 atom stereocenters. The highest BCUT2D eigenvalue weighted by molar-refractivity contribution is 6.36. The Bertz CT molecular complexity index is 1340. The predicted octanol–water partition coefficient (Wildman–Crippen LogP) is 6.10. The van der Waals surface area contributed by atoms with Crippen LogP contribution in [-0.4, -0.2) is 28.4 Å². The monoisotopic (exact) mass is 521 g/mol. The Morgan fingerprint density at radius 1 is 0.944 bits per heavy atom. The fourth-order valence-corrected chi connectivity index (χ4v) is 4.15. The predicted molar refractivity (Wildman–Crippen MR) is 140 cm³/mol. The fourth-order valence-electron chi connectivity index (χ4n) is 3.66. The Morgan fingerprint density at radius 3 is 2.42 bits per heavy atom. The van der Waals surface area contributed by atoms with E-state index in [-0.39, 0.29) is 29.1 Å². The third-order valence-corrected chi connectivity index (χ3v) is 6.22. The molecule has 3 aromatic carbocycles. The number of carbonyl (C=O) groups is 2. The van der Waals surface area contributed by atoms with Crippen LogP contribution < -0.4 is 5.32 Å². The van der Waals surface area contributed by atoms with Crippen molar-refractivity contribution >= 4 is 35.0 Å². The van der Waals surface area contributed by atoms with E-state index in [1.165, 1.54) is 6.07 Å². The number of nitrogens with zero attached hydrogens (tertiary/aromatic N) is 2. The molecule has 1 aromatic heterocycles. The van der Waals surface area contributed by atoms with Crippen LogP contribution in [0.4, 0.5) is 0 Å². The third-order valence-electron chi connectivity index (χ3n) is 5.67. The number of halogens is 2. The lowest BCUT2D eigenvalue weighted by Crippen LogP contribution is -2.32. The van der Waals surface area contributed by atoms with Crippen LogP contribution >= 0.6 is 23.2 Å². The lowest BCUT2D eigenvalue weighted by Gasteiger charge is -2.22. The van der Waals surface area contributed by atoms with E-state index in [2.05, 4.69) is 10.5 Å². The Labute approximate surface area is 219 Å². The van der Waals surface area contributed by atoms with Crippen LogP contribution in [0.25, 0.3) is 0 Å². The Kier molecular flexibility index (Phi) is 8.41. The number of amides is 2. The molecule has 0 spiro atoms. The standard InChI is InChI=1S/C28H25Cl2N3O3/c1-19-7-9-21(10-8-19)17-31-27(34)26-16-23(36-32-26)18-33(14-13-20-5-3-2-4-6-20)28(35)24-12-11-22(29)15-25(24)30/h2-12,15-16H,13-14,17-18H2,1H3,(H,31,34). The van der Waals surface area contributed by atoms with Gasteiger partial charge in [-0.25, -0.2) is 0 Å². The summed E-state index contributed by atoms with van der Waals surface area (Å²) in [5.74, 6) is -0.232. The smallest absolute Gasteiger partial charge is 0.273 e. The summed E-state index contributed by atoms with van der Waals surface area (Å²) in [7, 11) is 0. The van der Waals surface area contributed by atoms with E-state index in [4.69, 9.17) is 27.7 Å². The van der Waals surface area contributed by atoms with Crippen LogP contribution in [0, 0.1) is 6.92 Å². The molecule has 0 saturated carbocycles. The maximum Gasteiger partial charge on any atom is 0.273 e. The average Bonchev–Trinajstić information content (AvgIpc) is 3.35. The van der Waals surface area contributed by atoms with Crippen LogP contribution in [0.1, 0.15) is 43.3 Å². The highest BCUT2D eigenvalue weighted by atomic mass is 35.5. The van der Waals surface area contributed by atoms with Gasteiger partial charge in [-0.05, 0) is 42.7 Å². The number of hydrogen-bond donors (Lipinski definition) is 1. The van der Waals surface area contributed by atoms with Crippen LogP contribution in [0.3, 0.4) is 0 Å². The Morgan fingerprint density at radius 2 is 1.69 bits per heavy atom. The van der Waals surface area contributed by atoms with Crippen molar-refractivity contribution in [3.05, 3.63) is 123 Å². The summed E-state index contributed by atoms with van der Waals surface area (Å²) in [6.45, 7) is 2.92. The maximum absolute atomic E-state index is 13.4. The molecule has 1 heterocycles. The van der Waals surface area contributed by atoms with Gasteiger partial charge in [0.1, 0.15) is 0 Å². The van der Waals surface area contributed by atoms with Crippen molar-refractivity contribution in [2.75, 3.05) is 6.54 Å². The molecule has 6 nitrogen and oxygen atoms in total. The summed E-state index contributed by atoms with van der Waals surface area (Å²) < 4.78 is 5.41. The van der Waals surface area contributed by atoms with Gasteiger partial charge in [-0.1, -0.05) is 88.5 Å². The number of nitrogens with one attached hydrogen (secondary N) is 1. The number of aromatic nitrogens is 1. The zero-order valence-corrected chi connectivity index (χ0v) is 21.2. The second-order valence-electron chi connectivity index (χ2n) is 8.43. The fraction of sp³-hybridized carbons (Fsp3) is 0.179. The quantitative estimate of drug-likeness (QED) is 0.288. The van der Waals surface area contributed by atoms with Crippen LogP contribution in [0.15, 0.2) is 83.4 Å². The van der Waals surface area contributed by atoms with Gasteiger partial charge in [0.2, 0.25) is 0 Å². The SMILES string of the molecule is Cc1ccc(CNC(=O)c2cc(CN(CCc3ccccc3)C(=O)c3ccc(Cl)cc3Cl)on2)cc1. The highest BCUT2D eigenvalue weighted by Gasteiger charge is 2.22. The molecule has 8 heteroatoms. The second kappa shape index (κ2) is 11.9. The maximum atomic E-state index is 13.4. The molecule has 0 fully saturated rings. The van der Waals surface area contributed by atoms with E-state index in [9.17, 15) is 9.59 Å². The molecule has 1 N–H and O–H groups in total. The van der Waals surface area contributed by atoms with Crippen molar-refractivity contribution in [1.29, 1.82) is 0 Å². The lowest BCUT2D eigenvalue weighted by molar-refractivity contribution is 0.0729. The number of benzene rings is 3. The highest BCUT2D eigenvalue weighted by Crippen LogP contribution is 2.23. The number of carbonyl (C=O) groups excluding carboxylic acids is 2. The lowest BCUT2D eigenvalue weighted by atomic mass is 10.1. The number of hydrogen-bond acceptors (Lipinski definition) is 4. The first kappa shape index (κ1) is 25.5. The van der Waals surface area contributed by atoms with Gasteiger partial charge in [0, 0.05) is 24.2 Å². The zero-order valence-electron chi connectivity index (χ0n) is 19.7. The van der Waals surface area contributed by atoms with Crippen molar-refractivity contribution in [2.45, 2.75) is 26.4 Å². The van der Waals surface area contributed by atoms with Gasteiger partial charge in [-0.2, -0.15) is 0 Å². The molecular weight excluding hydrogens is 497 g/mol. The molecule has 0 radical (unpaired) electrons. The molecular formula is C28H25Cl2N3O3. The first-order valence-corrected chi connectivity index (χ1v) is 12.2. The van der Waals surface area contributed by atoms with E-state index < -0.39 is 0 Å². The number of aryl methyl sites for hydroxylation is 1. The van der Waals surface area contributed by atoms with Crippen LogP contribution in [-0.2, 0) is 19.5 Å². The third kappa shape index (κ3) is 6.74. The minimum atomic E-state index is -0.353. The van der Waals surface area contributed by atoms with Gasteiger partial charge in [0.15, 0.2) is 11.5 Å². The molecule has 0 saturated heterocycles. The van der Waals surface area contributed by atoms with Gasteiger partial charge in [-0.15, -0.1) is 0 Å². The minimum absolute atomic E-state index is 0.128. The molecule has 2 amide bonds. The van der Waals surface area contributed by atoms with Gasteiger partial charge >= 0.3 is 0 Å². The van der Waals surface area contributed by atoms with Gasteiger partial charge < -0.3 is 14.7 Å². The molecule has 4 aromatic rings.